The van der Waals surface area contributed by atoms with Crippen molar-refractivity contribution in [3.8, 4) is 0 Å². The smallest absolute Gasteiger partial charge is 0.123 e. The molecular formula is C17H20FN. The molecule has 1 nitrogen and oxygen atoms in total. The first-order chi connectivity index (χ1) is 9.17. The predicted octanol–water partition coefficient (Wildman–Crippen LogP) is 4.43. The summed E-state index contributed by atoms with van der Waals surface area (Å²) in [5, 5.41) is 3.49. The number of benzene rings is 2. The van der Waals surface area contributed by atoms with Gasteiger partial charge >= 0.3 is 0 Å². The lowest BCUT2D eigenvalue weighted by molar-refractivity contribution is 0.626. The van der Waals surface area contributed by atoms with Gasteiger partial charge in [-0.05, 0) is 55.2 Å². The number of aryl methyl sites for hydroxylation is 1. The molecule has 0 radical (unpaired) electrons. The van der Waals surface area contributed by atoms with Crippen LogP contribution in [0.3, 0.4) is 0 Å². The summed E-state index contributed by atoms with van der Waals surface area (Å²) in [4.78, 5) is 0. The van der Waals surface area contributed by atoms with Gasteiger partial charge in [-0.2, -0.15) is 0 Å². The second kappa shape index (κ2) is 6.37. The topological polar surface area (TPSA) is 12.0 Å². The van der Waals surface area contributed by atoms with Crippen LogP contribution in [-0.2, 0) is 12.8 Å². The number of hydrogen-bond donors (Lipinski definition) is 1. The average Bonchev–Trinajstić information content (AvgIpc) is 2.41. The molecule has 0 bridgehead atoms. The summed E-state index contributed by atoms with van der Waals surface area (Å²) in [6.07, 6.45) is 1.93. The molecule has 0 heterocycles. The lowest BCUT2D eigenvalue weighted by atomic mass is 10.1. The van der Waals surface area contributed by atoms with E-state index in [9.17, 15) is 4.39 Å². The third-order valence-corrected chi connectivity index (χ3v) is 3.20. The third-order valence-electron chi connectivity index (χ3n) is 3.20. The number of nitrogens with one attached hydrogen (secondary N) is 1. The van der Waals surface area contributed by atoms with Crippen LogP contribution in [0, 0.1) is 5.82 Å². The van der Waals surface area contributed by atoms with Crippen molar-refractivity contribution in [3.63, 3.8) is 0 Å². The highest BCUT2D eigenvalue weighted by Crippen LogP contribution is 2.14. The molecule has 1 N–H and O–H groups in total. The van der Waals surface area contributed by atoms with E-state index < -0.39 is 0 Å². The summed E-state index contributed by atoms with van der Waals surface area (Å²) in [7, 11) is 0. The molecular weight excluding hydrogens is 237 g/mol. The Balaban J connectivity index is 1.96. The Morgan fingerprint density at radius 2 is 1.79 bits per heavy atom. The van der Waals surface area contributed by atoms with E-state index in [1.54, 1.807) is 0 Å². The maximum Gasteiger partial charge on any atom is 0.123 e. The monoisotopic (exact) mass is 257 g/mol. The predicted molar refractivity (Wildman–Crippen MR) is 79.0 cm³/mol. The quantitative estimate of drug-likeness (QED) is 0.835. The Bertz CT molecular complexity index is 519. The van der Waals surface area contributed by atoms with Gasteiger partial charge in [0.2, 0.25) is 0 Å². The lowest BCUT2D eigenvalue weighted by Gasteiger charge is -2.16. The van der Waals surface area contributed by atoms with Crippen LogP contribution >= 0.6 is 0 Å². The van der Waals surface area contributed by atoms with Gasteiger partial charge < -0.3 is 5.32 Å². The van der Waals surface area contributed by atoms with Crippen molar-refractivity contribution in [2.45, 2.75) is 32.7 Å². The molecule has 0 aliphatic rings. The second-order valence-corrected chi connectivity index (χ2v) is 4.93. The summed E-state index contributed by atoms with van der Waals surface area (Å²) in [5.41, 5.74) is 3.63. The molecule has 1 atom stereocenters. The SMILES string of the molecule is CCc1cccc(NC(C)Cc2ccc(F)cc2)c1. The van der Waals surface area contributed by atoms with E-state index >= 15 is 0 Å². The zero-order valence-electron chi connectivity index (χ0n) is 11.5. The van der Waals surface area contributed by atoms with Gasteiger partial charge in [-0.1, -0.05) is 31.2 Å². The van der Waals surface area contributed by atoms with E-state index in [-0.39, 0.29) is 5.82 Å². The first-order valence-electron chi connectivity index (χ1n) is 6.77. The summed E-state index contributed by atoms with van der Waals surface area (Å²) < 4.78 is 12.8. The van der Waals surface area contributed by atoms with Crippen molar-refractivity contribution < 1.29 is 4.39 Å². The van der Waals surface area contributed by atoms with Crippen LogP contribution in [0.15, 0.2) is 48.5 Å². The van der Waals surface area contributed by atoms with E-state index in [4.69, 9.17) is 0 Å². The van der Waals surface area contributed by atoms with Gasteiger partial charge in [-0.15, -0.1) is 0 Å². The van der Waals surface area contributed by atoms with Gasteiger partial charge in [0.25, 0.3) is 0 Å². The first-order valence-corrected chi connectivity index (χ1v) is 6.77. The van der Waals surface area contributed by atoms with Crippen LogP contribution in [0.4, 0.5) is 10.1 Å². The summed E-state index contributed by atoms with van der Waals surface area (Å²) >= 11 is 0. The van der Waals surface area contributed by atoms with Gasteiger partial charge in [-0.25, -0.2) is 4.39 Å². The fourth-order valence-corrected chi connectivity index (χ4v) is 2.19. The van der Waals surface area contributed by atoms with E-state index in [2.05, 4.69) is 43.4 Å². The fraction of sp³-hybridized carbons (Fsp3) is 0.294. The first kappa shape index (κ1) is 13.6. The highest BCUT2D eigenvalue weighted by atomic mass is 19.1. The second-order valence-electron chi connectivity index (χ2n) is 4.93. The number of hydrogen-bond acceptors (Lipinski definition) is 1. The molecule has 2 aromatic rings. The Hall–Kier alpha value is -1.83. The Morgan fingerprint density at radius 1 is 1.05 bits per heavy atom. The molecule has 0 fully saturated rings. The van der Waals surface area contributed by atoms with E-state index in [1.807, 2.05) is 12.1 Å². The van der Waals surface area contributed by atoms with E-state index in [1.165, 1.54) is 17.7 Å². The van der Waals surface area contributed by atoms with Gasteiger partial charge in [0.1, 0.15) is 5.82 Å². The largest absolute Gasteiger partial charge is 0.382 e. The lowest BCUT2D eigenvalue weighted by Crippen LogP contribution is -2.18. The number of anilines is 1. The van der Waals surface area contributed by atoms with Crippen molar-refractivity contribution in [2.24, 2.45) is 0 Å². The molecule has 0 saturated carbocycles. The molecule has 0 spiro atoms. The van der Waals surface area contributed by atoms with Crippen molar-refractivity contribution in [3.05, 3.63) is 65.5 Å². The molecule has 0 amide bonds. The summed E-state index contributed by atoms with van der Waals surface area (Å²) in [5.74, 6) is -0.181. The van der Waals surface area contributed by atoms with E-state index in [0.29, 0.717) is 6.04 Å². The van der Waals surface area contributed by atoms with Gasteiger partial charge in [0, 0.05) is 11.7 Å². The zero-order valence-corrected chi connectivity index (χ0v) is 11.5. The molecule has 2 aromatic carbocycles. The van der Waals surface area contributed by atoms with Gasteiger partial charge in [-0.3, -0.25) is 0 Å². The molecule has 0 aliphatic carbocycles. The van der Waals surface area contributed by atoms with Crippen LogP contribution < -0.4 is 5.32 Å². The molecule has 0 aromatic heterocycles. The van der Waals surface area contributed by atoms with Crippen LogP contribution in [0.5, 0.6) is 0 Å². The molecule has 2 rings (SSSR count). The van der Waals surface area contributed by atoms with Crippen molar-refractivity contribution >= 4 is 5.69 Å². The standard InChI is InChI=1S/C17H20FN/c1-3-14-5-4-6-17(12-14)19-13(2)11-15-7-9-16(18)10-8-15/h4-10,12-13,19H,3,11H2,1-2H3. The van der Waals surface area contributed by atoms with Crippen molar-refractivity contribution in [1.29, 1.82) is 0 Å². The van der Waals surface area contributed by atoms with Gasteiger partial charge in [0.15, 0.2) is 0 Å². The molecule has 1 unspecified atom stereocenters. The Labute approximate surface area is 114 Å². The van der Waals surface area contributed by atoms with Crippen molar-refractivity contribution in [2.75, 3.05) is 5.32 Å². The summed E-state index contributed by atoms with van der Waals surface area (Å²) in [6.45, 7) is 4.29. The van der Waals surface area contributed by atoms with Crippen LogP contribution in [0.1, 0.15) is 25.0 Å². The van der Waals surface area contributed by atoms with Crippen LogP contribution in [-0.4, -0.2) is 6.04 Å². The molecule has 2 heteroatoms. The number of halogens is 1. The zero-order chi connectivity index (χ0) is 13.7. The maximum absolute atomic E-state index is 12.8. The fourth-order valence-electron chi connectivity index (χ4n) is 2.19. The van der Waals surface area contributed by atoms with Crippen molar-refractivity contribution in [1.82, 2.24) is 0 Å². The number of rotatable bonds is 5. The van der Waals surface area contributed by atoms with Crippen LogP contribution in [0.2, 0.25) is 0 Å². The molecule has 19 heavy (non-hydrogen) atoms. The minimum Gasteiger partial charge on any atom is -0.382 e. The third kappa shape index (κ3) is 4.09. The maximum atomic E-state index is 12.8. The van der Waals surface area contributed by atoms with E-state index in [0.717, 1.165) is 24.1 Å². The Kier molecular flexibility index (Phi) is 4.56. The Morgan fingerprint density at radius 3 is 2.47 bits per heavy atom. The minimum absolute atomic E-state index is 0.181. The molecule has 0 aliphatic heterocycles. The molecule has 100 valence electrons. The molecule has 0 saturated heterocycles. The minimum atomic E-state index is -0.181. The normalized spacial score (nSPS) is 12.2. The van der Waals surface area contributed by atoms with Crippen LogP contribution in [0.25, 0.3) is 0 Å². The average molecular weight is 257 g/mol. The highest BCUT2D eigenvalue weighted by molar-refractivity contribution is 5.46. The summed E-state index contributed by atoms with van der Waals surface area (Å²) in [6, 6.07) is 15.5. The van der Waals surface area contributed by atoms with Gasteiger partial charge in [0.05, 0.1) is 0 Å². The highest BCUT2D eigenvalue weighted by Gasteiger charge is 2.04.